The predicted octanol–water partition coefficient (Wildman–Crippen LogP) is 2.77. The Bertz CT molecular complexity index is 441. The van der Waals surface area contributed by atoms with Crippen molar-refractivity contribution in [3.8, 4) is 0 Å². The summed E-state index contributed by atoms with van der Waals surface area (Å²) in [6.07, 6.45) is 6.78. The quantitative estimate of drug-likeness (QED) is 0.856. The summed E-state index contributed by atoms with van der Waals surface area (Å²) >= 11 is 0. The first-order chi connectivity index (χ1) is 9.10. The van der Waals surface area contributed by atoms with Gasteiger partial charge in [0.1, 0.15) is 5.69 Å². The molecule has 0 aromatic carbocycles. The molecule has 0 spiro atoms. The van der Waals surface area contributed by atoms with Gasteiger partial charge in [-0.1, -0.05) is 19.8 Å². The molecular formula is C15H23N3O. The van der Waals surface area contributed by atoms with E-state index in [1.165, 1.54) is 19.3 Å². The van der Waals surface area contributed by atoms with Gasteiger partial charge in [-0.2, -0.15) is 0 Å². The molecule has 1 atom stereocenters. The second kappa shape index (κ2) is 6.04. The van der Waals surface area contributed by atoms with Crippen molar-refractivity contribution in [2.75, 3.05) is 19.4 Å². The first-order valence-electron chi connectivity index (χ1n) is 7.04. The fourth-order valence-corrected chi connectivity index (χ4v) is 2.19. The predicted molar refractivity (Wildman–Crippen MR) is 77.3 cm³/mol. The van der Waals surface area contributed by atoms with Crippen LogP contribution in [-0.2, 0) is 0 Å². The number of anilines is 1. The van der Waals surface area contributed by atoms with Crippen molar-refractivity contribution >= 4 is 11.6 Å². The highest BCUT2D eigenvalue weighted by atomic mass is 16.2. The monoisotopic (exact) mass is 261 g/mol. The van der Waals surface area contributed by atoms with Crippen molar-refractivity contribution in [2.24, 2.45) is 5.92 Å². The third kappa shape index (κ3) is 3.94. The van der Waals surface area contributed by atoms with E-state index in [4.69, 9.17) is 0 Å². The molecule has 1 aliphatic rings. The van der Waals surface area contributed by atoms with Crippen LogP contribution in [0.1, 0.15) is 43.1 Å². The van der Waals surface area contributed by atoms with Crippen LogP contribution in [-0.4, -0.2) is 35.9 Å². The summed E-state index contributed by atoms with van der Waals surface area (Å²) in [6.45, 7) is 2.20. The lowest BCUT2D eigenvalue weighted by Gasteiger charge is -2.18. The number of nitrogens with zero attached hydrogens (tertiary/aromatic N) is 2. The Labute approximate surface area is 115 Å². The molecule has 0 saturated heterocycles. The molecule has 1 N–H and O–H groups in total. The lowest BCUT2D eigenvalue weighted by atomic mass is 10.1. The Kier molecular flexibility index (Phi) is 4.40. The van der Waals surface area contributed by atoms with Crippen LogP contribution in [0.25, 0.3) is 0 Å². The van der Waals surface area contributed by atoms with E-state index in [0.29, 0.717) is 11.7 Å². The van der Waals surface area contributed by atoms with Crippen LogP contribution in [0.4, 0.5) is 5.69 Å². The fraction of sp³-hybridized carbons (Fsp3) is 0.600. The molecule has 2 rings (SSSR count). The molecule has 4 nitrogen and oxygen atoms in total. The van der Waals surface area contributed by atoms with Crippen molar-refractivity contribution in [2.45, 2.75) is 38.6 Å². The van der Waals surface area contributed by atoms with E-state index < -0.39 is 0 Å². The zero-order valence-corrected chi connectivity index (χ0v) is 12.0. The SMILES string of the molecule is CCC(CC1CC1)Nc1ccnc(C(=O)N(C)C)c1. The van der Waals surface area contributed by atoms with Gasteiger partial charge in [0.05, 0.1) is 0 Å². The Morgan fingerprint density at radius 1 is 1.53 bits per heavy atom. The third-order valence-corrected chi connectivity index (χ3v) is 3.56. The Balaban J connectivity index is 2.02. The van der Waals surface area contributed by atoms with Gasteiger partial charge in [0.25, 0.3) is 5.91 Å². The molecule has 1 unspecified atom stereocenters. The smallest absolute Gasteiger partial charge is 0.272 e. The molecular weight excluding hydrogens is 238 g/mol. The van der Waals surface area contributed by atoms with E-state index in [1.807, 2.05) is 12.1 Å². The number of amides is 1. The molecule has 1 aromatic rings. The highest BCUT2D eigenvalue weighted by molar-refractivity contribution is 5.92. The number of hydrogen-bond donors (Lipinski definition) is 1. The summed E-state index contributed by atoms with van der Waals surface area (Å²) in [5.74, 6) is 0.848. The van der Waals surface area contributed by atoms with Crippen LogP contribution in [0.5, 0.6) is 0 Å². The minimum atomic E-state index is -0.0566. The fourth-order valence-electron chi connectivity index (χ4n) is 2.19. The van der Waals surface area contributed by atoms with E-state index in [0.717, 1.165) is 18.0 Å². The lowest BCUT2D eigenvalue weighted by molar-refractivity contribution is 0.0822. The molecule has 0 aliphatic heterocycles. The Hall–Kier alpha value is -1.58. The van der Waals surface area contributed by atoms with Crippen LogP contribution < -0.4 is 5.32 Å². The van der Waals surface area contributed by atoms with Gasteiger partial charge < -0.3 is 10.2 Å². The zero-order valence-electron chi connectivity index (χ0n) is 12.0. The van der Waals surface area contributed by atoms with Crippen LogP contribution in [0.3, 0.4) is 0 Å². The lowest BCUT2D eigenvalue weighted by Crippen LogP contribution is -2.23. The van der Waals surface area contributed by atoms with E-state index in [-0.39, 0.29) is 5.91 Å². The van der Waals surface area contributed by atoms with Crippen LogP contribution in [0.15, 0.2) is 18.3 Å². The highest BCUT2D eigenvalue weighted by Gasteiger charge is 2.24. The van der Waals surface area contributed by atoms with Crippen LogP contribution in [0, 0.1) is 5.92 Å². The molecule has 104 valence electrons. The summed E-state index contributed by atoms with van der Waals surface area (Å²) < 4.78 is 0. The van der Waals surface area contributed by atoms with Crippen molar-refractivity contribution in [1.29, 1.82) is 0 Å². The van der Waals surface area contributed by atoms with E-state index in [2.05, 4.69) is 17.2 Å². The average Bonchev–Trinajstić information content (AvgIpc) is 3.21. The number of carbonyl (C=O) groups excluding carboxylic acids is 1. The van der Waals surface area contributed by atoms with Gasteiger partial charge in [-0.3, -0.25) is 9.78 Å². The highest BCUT2D eigenvalue weighted by Crippen LogP contribution is 2.34. The minimum Gasteiger partial charge on any atom is -0.382 e. The van der Waals surface area contributed by atoms with Gasteiger partial charge in [0.15, 0.2) is 0 Å². The summed E-state index contributed by atoms with van der Waals surface area (Å²) in [7, 11) is 3.48. The minimum absolute atomic E-state index is 0.0566. The number of hydrogen-bond acceptors (Lipinski definition) is 3. The zero-order chi connectivity index (χ0) is 13.8. The van der Waals surface area contributed by atoms with Crippen molar-refractivity contribution in [1.82, 2.24) is 9.88 Å². The second-order valence-electron chi connectivity index (χ2n) is 5.56. The first-order valence-corrected chi connectivity index (χ1v) is 7.04. The maximum absolute atomic E-state index is 11.9. The molecule has 0 radical (unpaired) electrons. The topological polar surface area (TPSA) is 45.2 Å². The van der Waals surface area contributed by atoms with Crippen molar-refractivity contribution < 1.29 is 4.79 Å². The number of carbonyl (C=O) groups is 1. The van der Waals surface area contributed by atoms with Gasteiger partial charge in [-0.05, 0) is 30.9 Å². The Morgan fingerprint density at radius 2 is 2.26 bits per heavy atom. The molecule has 19 heavy (non-hydrogen) atoms. The largest absolute Gasteiger partial charge is 0.382 e. The summed E-state index contributed by atoms with van der Waals surface area (Å²) in [6, 6.07) is 4.28. The van der Waals surface area contributed by atoms with Gasteiger partial charge >= 0.3 is 0 Å². The molecule has 1 amide bonds. The number of aromatic nitrogens is 1. The number of rotatable bonds is 6. The van der Waals surface area contributed by atoms with Gasteiger partial charge in [0.2, 0.25) is 0 Å². The van der Waals surface area contributed by atoms with Crippen LogP contribution >= 0.6 is 0 Å². The average molecular weight is 261 g/mol. The number of nitrogens with one attached hydrogen (secondary N) is 1. The maximum atomic E-state index is 11.9. The molecule has 1 heterocycles. The maximum Gasteiger partial charge on any atom is 0.272 e. The molecule has 1 aromatic heterocycles. The standard InChI is InChI=1S/C15H23N3O/c1-4-12(9-11-5-6-11)17-13-7-8-16-14(10-13)15(19)18(2)3/h7-8,10-12H,4-6,9H2,1-3H3,(H,16,17). The molecule has 1 fully saturated rings. The summed E-state index contributed by atoms with van der Waals surface area (Å²) in [5, 5.41) is 3.52. The third-order valence-electron chi connectivity index (χ3n) is 3.56. The van der Waals surface area contributed by atoms with E-state index >= 15 is 0 Å². The molecule has 4 heteroatoms. The van der Waals surface area contributed by atoms with E-state index in [1.54, 1.807) is 25.2 Å². The summed E-state index contributed by atoms with van der Waals surface area (Å²) in [4.78, 5) is 17.6. The van der Waals surface area contributed by atoms with Crippen molar-refractivity contribution in [3.63, 3.8) is 0 Å². The molecule has 1 saturated carbocycles. The second-order valence-corrected chi connectivity index (χ2v) is 5.56. The van der Waals surface area contributed by atoms with Crippen LogP contribution in [0.2, 0.25) is 0 Å². The van der Waals surface area contributed by atoms with Gasteiger partial charge in [0, 0.05) is 32.0 Å². The van der Waals surface area contributed by atoms with E-state index in [9.17, 15) is 4.79 Å². The van der Waals surface area contributed by atoms with Crippen molar-refractivity contribution in [3.05, 3.63) is 24.0 Å². The normalized spacial score (nSPS) is 15.9. The van der Waals surface area contributed by atoms with Gasteiger partial charge in [-0.15, -0.1) is 0 Å². The summed E-state index contributed by atoms with van der Waals surface area (Å²) in [5.41, 5.74) is 1.49. The molecule has 0 bridgehead atoms. The molecule has 1 aliphatic carbocycles. The Morgan fingerprint density at radius 3 is 2.84 bits per heavy atom. The first kappa shape index (κ1) is 13.8. The number of pyridine rings is 1. The van der Waals surface area contributed by atoms with Gasteiger partial charge in [-0.25, -0.2) is 0 Å².